The van der Waals surface area contributed by atoms with Gasteiger partial charge in [0.25, 0.3) is 0 Å². The fourth-order valence-corrected chi connectivity index (χ4v) is 0.909. The van der Waals surface area contributed by atoms with Gasteiger partial charge in [-0.15, -0.1) is 0 Å². The van der Waals surface area contributed by atoms with Gasteiger partial charge < -0.3 is 21.1 Å². The summed E-state index contributed by atoms with van der Waals surface area (Å²) in [6, 6.07) is 8.81. The van der Waals surface area contributed by atoms with Gasteiger partial charge in [0.15, 0.2) is 5.79 Å². The van der Waals surface area contributed by atoms with E-state index in [1.54, 1.807) is 31.2 Å². The third-order valence-electron chi connectivity index (χ3n) is 1.73. The number of rotatable bonds is 2. The van der Waals surface area contributed by atoms with Crippen LogP contribution in [0.1, 0.15) is 18.9 Å². The Hall–Kier alpha value is -1.59. The van der Waals surface area contributed by atoms with E-state index in [9.17, 15) is 10.2 Å². The van der Waals surface area contributed by atoms with E-state index in [2.05, 4.69) is 5.73 Å². The van der Waals surface area contributed by atoms with Crippen LogP contribution in [-0.2, 0) is 5.79 Å². The lowest BCUT2D eigenvalue weighted by Gasteiger charge is -2.19. The molecule has 84 valence electrons. The van der Waals surface area contributed by atoms with Crippen LogP contribution in [0.5, 0.6) is 0 Å². The van der Waals surface area contributed by atoms with Crippen molar-refractivity contribution in [1.82, 2.24) is 0 Å². The Kier molecular flexibility index (Phi) is 5.36. The highest BCUT2D eigenvalue weighted by Gasteiger charge is 2.21. The minimum Gasteiger partial charge on any atom is -0.465 e. The fraction of sp³-hybridized carbons (Fsp3) is 0.300. The SMILES string of the molecule is CCC(O)(O)c1ccccc1.NC(=O)O. The molecule has 0 saturated carbocycles. The average molecular weight is 213 g/mol. The largest absolute Gasteiger partial charge is 0.465 e. The van der Waals surface area contributed by atoms with Crippen molar-refractivity contribution in [2.75, 3.05) is 0 Å². The number of aliphatic hydroxyl groups is 2. The van der Waals surface area contributed by atoms with Crippen LogP contribution in [0.3, 0.4) is 0 Å². The van der Waals surface area contributed by atoms with Gasteiger partial charge >= 0.3 is 6.09 Å². The number of hydrogen-bond donors (Lipinski definition) is 4. The summed E-state index contributed by atoms with van der Waals surface area (Å²) in [5.74, 6) is -1.67. The molecule has 0 radical (unpaired) electrons. The van der Waals surface area contributed by atoms with E-state index in [4.69, 9.17) is 9.90 Å². The van der Waals surface area contributed by atoms with Crippen LogP contribution in [0.15, 0.2) is 30.3 Å². The molecule has 1 aromatic carbocycles. The second-order valence-electron chi connectivity index (χ2n) is 2.87. The first-order valence-corrected chi connectivity index (χ1v) is 4.38. The smallest absolute Gasteiger partial charge is 0.402 e. The third kappa shape index (κ3) is 5.66. The molecule has 5 N–H and O–H groups in total. The molecule has 5 heteroatoms. The minimum atomic E-state index is -1.67. The van der Waals surface area contributed by atoms with Crippen LogP contribution in [0.4, 0.5) is 4.79 Å². The number of primary amides is 1. The zero-order valence-electron chi connectivity index (χ0n) is 8.42. The Labute approximate surface area is 87.8 Å². The van der Waals surface area contributed by atoms with Gasteiger partial charge in [-0.3, -0.25) is 0 Å². The Bertz CT molecular complexity index is 294. The van der Waals surface area contributed by atoms with Crippen molar-refractivity contribution in [1.29, 1.82) is 0 Å². The molecule has 0 fully saturated rings. The number of nitrogens with two attached hydrogens (primary N) is 1. The lowest BCUT2D eigenvalue weighted by molar-refractivity contribution is -0.171. The summed E-state index contributed by atoms with van der Waals surface area (Å²) >= 11 is 0. The zero-order valence-corrected chi connectivity index (χ0v) is 8.42. The van der Waals surface area contributed by atoms with E-state index < -0.39 is 11.9 Å². The summed E-state index contributed by atoms with van der Waals surface area (Å²) in [6.07, 6.45) is -1.03. The molecule has 1 amide bonds. The minimum absolute atomic E-state index is 0.303. The van der Waals surface area contributed by atoms with Gasteiger partial charge in [-0.2, -0.15) is 0 Å². The van der Waals surface area contributed by atoms with Gasteiger partial charge in [0, 0.05) is 12.0 Å². The van der Waals surface area contributed by atoms with Crippen LogP contribution in [-0.4, -0.2) is 21.4 Å². The van der Waals surface area contributed by atoms with Crippen molar-refractivity contribution < 1.29 is 20.1 Å². The lowest BCUT2D eigenvalue weighted by atomic mass is 10.0. The third-order valence-corrected chi connectivity index (χ3v) is 1.73. The average Bonchev–Trinajstić information content (AvgIpc) is 2.18. The molecule has 0 bridgehead atoms. The van der Waals surface area contributed by atoms with Crippen LogP contribution in [0.25, 0.3) is 0 Å². The van der Waals surface area contributed by atoms with Crippen molar-refractivity contribution in [3.8, 4) is 0 Å². The molecule has 0 spiro atoms. The van der Waals surface area contributed by atoms with Crippen molar-refractivity contribution in [3.05, 3.63) is 35.9 Å². The summed E-state index contributed by atoms with van der Waals surface area (Å²) in [5.41, 5.74) is 4.57. The molecule has 0 atom stereocenters. The Balaban J connectivity index is 0.000000423. The molecule has 15 heavy (non-hydrogen) atoms. The van der Waals surface area contributed by atoms with Gasteiger partial charge in [-0.25, -0.2) is 4.79 Å². The Morgan fingerprint density at radius 2 is 1.73 bits per heavy atom. The second kappa shape index (κ2) is 6.00. The number of amides is 1. The van der Waals surface area contributed by atoms with E-state index >= 15 is 0 Å². The molecular formula is C10H15NO4. The predicted octanol–water partition coefficient (Wildman–Crippen LogP) is 0.857. The zero-order chi connectivity index (χ0) is 11.9. The van der Waals surface area contributed by atoms with E-state index in [-0.39, 0.29) is 0 Å². The maximum atomic E-state index is 9.35. The van der Waals surface area contributed by atoms with Gasteiger partial charge in [-0.05, 0) is 0 Å². The van der Waals surface area contributed by atoms with Crippen molar-refractivity contribution >= 4 is 6.09 Å². The standard InChI is InChI=1S/C9H12O2.CH3NO2/c1-2-9(10,11)8-6-4-3-5-7-8;2-1(3)4/h3-7,10-11H,2H2,1H3;2H2,(H,3,4). The summed E-state index contributed by atoms with van der Waals surface area (Å²) in [6.45, 7) is 1.73. The predicted molar refractivity (Wildman–Crippen MR) is 55.1 cm³/mol. The highest BCUT2D eigenvalue weighted by Crippen LogP contribution is 2.20. The first-order chi connectivity index (χ1) is 6.90. The molecule has 1 rings (SSSR count). The summed E-state index contributed by atoms with van der Waals surface area (Å²) in [4.78, 5) is 8.78. The van der Waals surface area contributed by atoms with Gasteiger partial charge in [0.05, 0.1) is 0 Å². The van der Waals surface area contributed by atoms with E-state index in [1.165, 1.54) is 0 Å². The van der Waals surface area contributed by atoms with Crippen molar-refractivity contribution in [2.45, 2.75) is 19.1 Å². The van der Waals surface area contributed by atoms with Crippen LogP contribution in [0, 0.1) is 0 Å². The molecule has 0 saturated heterocycles. The Morgan fingerprint density at radius 3 is 2.07 bits per heavy atom. The highest BCUT2D eigenvalue weighted by atomic mass is 16.5. The van der Waals surface area contributed by atoms with Gasteiger partial charge in [0.1, 0.15) is 0 Å². The number of carboxylic acid groups (broad SMARTS) is 1. The first kappa shape index (κ1) is 13.4. The molecule has 0 aromatic heterocycles. The van der Waals surface area contributed by atoms with Crippen LogP contribution < -0.4 is 5.73 Å². The summed E-state index contributed by atoms with van der Waals surface area (Å²) in [7, 11) is 0. The van der Waals surface area contributed by atoms with Crippen molar-refractivity contribution in [3.63, 3.8) is 0 Å². The maximum Gasteiger partial charge on any atom is 0.402 e. The molecular weight excluding hydrogens is 198 g/mol. The van der Waals surface area contributed by atoms with Gasteiger partial charge in [-0.1, -0.05) is 37.3 Å². The number of benzene rings is 1. The van der Waals surface area contributed by atoms with E-state index in [1.807, 2.05) is 6.07 Å². The highest BCUT2D eigenvalue weighted by molar-refractivity contribution is 5.61. The lowest BCUT2D eigenvalue weighted by Crippen LogP contribution is -2.23. The maximum absolute atomic E-state index is 9.35. The summed E-state index contributed by atoms with van der Waals surface area (Å²) in [5, 5.41) is 25.9. The molecule has 0 aliphatic rings. The second-order valence-corrected chi connectivity index (χ2v) is 2.87. The van der Waals surface area contributed by atoms with Crippen molar-refractivity contribution in [2.24, 2.45) is 5.73 Å². The molecule has 5 nitrogen and oxygen atoms in total. The molecule has 0 aliphatic carbocycles. The number of carbonyl (C=O) groups is 1. The van der Waals surface area contributed by atoms with Crippen LogP contribution in [0.2, 0.25) is 0 Å². The van der Waals surface area contributed by atoms with Crippen LogP contribution >= 0.6 is 0 Å². The fourth-order valence-electron chi connectivity index (χ4n) is 0.909. The molecule has 0 aliphatic heterocycles. The number of hydrogen-bond acceptors (Lipinski definition) is 3. The van der Waals surface area contributed by atoms with Gasteiger partial charge in [0.2, 0.25) is 0 Å². The van der Waals surface area contributed by atoms with E-state index in [0.29, 0.717) is 12.0 Å². The normalized spacial score (nSPS) is 10.1. The molecule has 0 unspecified atom stereocenters. The summed E-state index contributed by atoms with van der Waals surface area (Å²) < 4.78 is 0. The topological polar surface area (TPSA) is 104 Å². The quantitative estimate of drug-likeness (QED) is 0.547. The Morgan fingerprint density at radius 1 is 1.33 bits per heavy atom. The monoisotopic (exact) mass is 213 g/mol. The molecule has 0 heterocycles. The van der Waals surface area contributed by atoms with E-state index in [0.717, 1.165) is 0 Å². The molecule has 1 aromatic rings. The first-order valence-electron chi connectivity index (χ1n) is 4.38.